The zero-order valence-electron chi connectivity index (χ0n) is 8.90. The van der Waals surface area contributed by atoms with Crippen molar-refractivity contribution in [3.63, 3.8) is 0 Å². The summed E-state index contributed by atoms with van der Waals surface area (Å²) in [6.45, 7) is 6.48. The summed E-state index contributed by atoms with van der Waals surface area (Å²) in [6, 6.07) is 1.05. The molecule has 0 amide bonds. The summed E-state index contributed by atoms with van der Waals surface area (Å²) in [5.74, 6) is 1.09. The summed E-state index contributed by atoms with van der Waals surface area (Å²) < 4.78 is 9.67. The van der Waals surface area contributed by atoms with Gasteiger partial charge >= 0.3 is 0 Å². The maximum atomic E-state index is 4.40. The van der Waals surface area contributed by atoms with E-state index in [1.165, 1.54) is 11.7 Å². The lowest BCUT2D eigenvalue weighted by molar-refractivity contribution is 0.405. The third-order valence-corrected chi connectivity index (χ3v) is 3.80. The number of aromatic nitrogens is 2. The second-order valence-corrected chi connectivity index (χ2v) is 5.33. The minimum absolute atomic E-state index is 0.525. The molecule has 0 bridgehead atoms. The molecule has 2 unspecified atom stereocenters. The van der Waals surface area contributed by atoms with E-state index in [1.807, 2.05) is 0 Å². The van der Waals surface area contributed by atoms with Crippen molar-refractivity contribution in [1.29, 1.82) is 0 Å². The van der Waals surface area contributed by atoms with Gasteiger partial charge in [-0.15, -0.1) is 0 Å². The fourth-order valence-electron chi connectivity index (χ4n) is 2.03. The highest BCUT2D eigenvalue weighted by Crippen LogP contribution is 2.22. The smallest absolute Gasteiger partial charge is 0.166 e. The molecule has 1 aliphatic rings. The number of alkyl halides is 1. The molecule has 1 aromatic rings. The Bertz CT molecular complexity index is 320. The second kappa shape index (κ2) is 4.92. The van der Waals surface area contributed by atoms with Gasteiger partial charge in [0.2, 0.25) is 0 Å². The van der Waals surface area contributed by atoms with Crippen molar-refractivity contribution >= 4 is 40.1 Å². The first kappa shape index (κ1) is 11.5. The molecule has 2 heterocycles. The van der Waals surface area contributed by atoms with E-state index in [-0.39, 0.29) is 0 Å². The average molecular weight is 338 g/mol. The Balaban J connectivity index is 2.16. The van der Waals surface area contributed by atoms with Gasteiger partial charge in [0, 0.05) is 29.6 Å². The molecule has 1 aliphatic heterocycles. The van der Waals surface area contributed by atoms with Crippen LogP contribution in [-0.4, -0.2) is 33.9 Å². The van der Waals surface area contributed by atoms with Crippen molar-refractivity contribution in [2.45, 2.75) is 30.4 Å². The predicted octanol–water partition coefficient (Wildman–Crippen LogP) is 1.66. The van der Waals surface area contributed by atoms with Crippen molar-refractivity contribution in [1.82, 2.24) is 14.1 Å². The lowest BCUT2D eigenvalue weighted by Crippen LogP contribution is -2.54. The van der Waals surface area contributed by atoms with Gasteiger partial charge in [-0.2, -0.15) is 8.75 Å². The first-order chi connectivity index (χ1) is 7.20. The molecule has 0 aromatic carbocycles. The topological polar surface area (TPSA) is 41.1 Å². The van der Waals surface area contributed by atoms with Gasteiger partial charge in [-0.05, 0) is 13.8 Å². The van der Waals surface area contributed by atoms with Gasteiger partial charge < -0.3 is 10.2 Å². The summed E-state index contributed by atoms with van der Waals surface area (Å²) in [5.41, 5.74) is 1.13. The molecule has 1 N–H and O–H groups in total. The molecule has 84 valence electrons. The third kappa shape index (κ3) is 2.59. The van der Waals surface area contributed by atoms with Crippen molar-refractivity contribution in [2.75, 3.05) is 18.0 Å². The van der Waals surface area contributed by atoms with Crippen LogP contribution in [-0.2, 0) is 4.43 Å². The third-order valence-electron chi connectivity index (χ3n) is 2.52. The Morgan fingerprint density at radius 3 is 2.67 bits per heavy atom. The molecular formula is C9H15IN4S. The van der Waals surface area contributed by atoms with E-state index in [2.05, 4.69) is 55.4 Å². The normalized spacial score (nSPS) is 27.0. The van der Waals surface area contributed by atoms with Crippen molar-refractivity contribution in [3.05, 3.63) is 5.69 Å². The minimum Gasteiger partial charge on any atom is -0.351 e. The number of anilines is 1. The molecule has 0 spiro atoms. The maximum Gasteiger partial charge on any atom is 0.166 e. The van der Waals surface area contributed by atoms with E-state index >= 15 is 0 Å². The van der Waals surface area contributed by atoms with Crippen LogP contribution in [0.4, 0.5) is 5.82 Å². The highest BCUT2D eigenvalue weighted by molar-refractivity contribution is 14.1. The Labute approximate surface area is 108 Å². The summed E-state index contributed by atoms with van der Waals surface area (Å²) >= 11 is 3.66. The lowest BCUT2D eigenvalue weighted by atomic mass is 10.1. The number of nitrogens with one attached hydrogen (secondary N) is 1. The van der Waals surface area contributed by atoms with Gasteiger partial charge in [0.05, 0.1) is 11.7 Å². The van der Waals surface area contributed by atoms with Crippen LogP contribution in [0.15, 0.2) is 0 Å². The van der Waals surface area contributed by atoms with E-state index in [0.717, 1.165) is 29.0 Å². The van der Waals surface area contributed by atoms with Crippen LogP contribution in [0.5, 0.6) is 0 Å². The average Bonchev–Trinajstić information content (AvgIpc) is 2.63. The number of hydrogen-bond acceptors (Lipinski definition) is 5. The molecule has 1 fully saturated rings. The van der Waals surface area contributed by atoms with Gasteiger partial charge in [-0.3, -0.25) is 0 Å². The van der Waals surface area contributed by atoms with Crippen LogP contribution >= 0.6 is 34.3 Å². The number of hydrogen-bond donors (Lipinski definition) is 1. The van der Waals surface area contributed by atoms with E-state index in [4.69, 9.17) is 0 Å². The first-order valence-electron chi connectivity index (χ1n) is 5.09. The van der Waals surface area contributed by atoms with Crippen LogP contribution in [0, 0.1) is 0 Å². The quantitative estimate of drug-likeness (QED) is 0.658. The molecule has 2 rings (SSSR count). The van der Waals surface area contributed by atoms with Gasteiger partial charge in [-0.25, -0.2) is 0 Å². The zero-order chi connectivity index (χ0) is 10.8. The van der Waals surface area contributed by atoms with Gasteiger partial charge in [0.15, 0.2) is 5.82 Å². The molecule has 4 nitrogen and oxygen atoms in total. The maximum absolute atomic E-state index is 4.40. The zero-order valence-corrected chi connectivity index (χ0v) is 11.9. The Morgan fingerprint density at radius 1 is 1.40 bits per heavy atom. The molecule has 0 aliphatic carbocycles. The van der Waals surface area contributed by atoms with Gasteiger partial charge in [-0.1, -0.05) is 22.6 Å². The Morgan fingerprint density at radius 2 is 2.07 bits per heavy atom. The van der Waals surface area contributed by atoms with Crippen molar-refractivity contribution < 1.29 is 0 Å². The Hall–Kier alpha value is 0.0500. The second-order valence-electron chi connectivity index (χ2n) is 4.04. The van der Waals surface area contributed by atoms with Gasteiger partial charge in [0.25, 0.3) is 0 Å². The molecule has 15 heavy (non-hydrogen) atoms. The summed E-state index contributed by atoms with van der Waals surface area (Å²) in [4.78, 5) is 2.35. The summed E-state index contributed by atoms with van der Waals surface area (Å²) in [5, 5.41) is 3.52. The molecule has 6 heteroatoms. The van der Waals surface area contributed by atoms with E-state index in [9.17, 15) is 0 Å². The minimum atomic E-state index is 0.525. The van der Waals surface area contributed by atoms with Crippen LogP contribution < -0.4 is 10.2 Å². The van der Waals surface area contributed by atoms with Crippen molar-refractivity contribution in [3.8, 4) is 0 Å². The fraction of sp³-hybridized carbons (Fsp3) is 0.778. The molecule has 0 radical (unpaired) electrons. The van der Waals surface area contributed by atoms with Crippen molar-refractivity contribution in [2.24, 2.45) is 0 Å². The highest BCUT2D eigenvalue weighted by Gasteiger charge is 2.24. The molecule has 0 saturated carbocycles. The van der Waals surface area contributed by atoms with E-state index in [0.29, 0.717) is 12.1 Å². The van der Waals surface area contributed by atoms with E-state index < -0.39 is 0 Å². The highest BCUT2D eigenvalue weighted by atomic mass is 127. The van der Waals surface area contributed by atoms with E-state index in [1.54, 1.807) is 0 Å². The number of nitrogens with zero attached hydrogens (tertiary/aromatic N) is 3. The Kier molecular flexibility index (Phi) is 3.78. The largest absolute Gasteiger partial charge is 0.351 e. The van der Waals surface area contributed by atoms with Crippen LogP contribution in [0.3, 0.4) is 0 Å². The fourth-order valence-corrected chi connectivity index (χ4v) is 3.35. The van der Waals surface area contributed by atoms with Crippen LogP contribution in [0.2, 0.25) is 0 Å². The summed E-state index contributed by atoms with van der Waals surface area (Å²) in [6.07, 6.45) is 0. The summed E-state index contributed by atoms with van der Waals surface area (Å²) in [7, 11) is 0. The number of piperazine rings is 1. The lowest BCUT2D eigenvalue weighted by Gasteiger charge is -2.36. The monoisotopic (exact) mass is 338 g/mol. The van der Waals surface area contributed by atoms with Crippen LogP contribution in [0.1, 0.15) is 19.5 Å². The standard InChI is InChI=1S/C9H15IN4S/c1-6-4-14(5-7(2)11-6)9-8(3-10)12-15-13-9/h6-7,11H,3-5H2,1-2H3. The number of rotatable bonds is 2. The molecule has 2 atom stereocenters. The molecule has 1 saturated heterocycles. The first-order valence-corrected chi connectivity index (χ1v) is 7.34. The van der Waals surface area contributed by atoms with Gasteiger partial charge in [0.1, 0.15) is 5.69 Å². The van der Waals surface area contributed by atoms with Crippen LogP contribution in [0.25, 0.3) is 0 Å². The predicted molar refractivity (Wildman–Crippen MR) is 71.9 cm³/mol. The number of halogens is 1. The molecule has 1 aromatic heterocycles. The molecular weight excluding hydrogens is 323 g/mol. The SMILES string of the molecule is CC1CN(c2nsnc2CI)CC(C)N1.